The Balaban J connectivity index is 0.000000497. The molecule has 680 valence electrons. The highest BCUT2D eigenvalue weighted by Gasteiger charge is 2.46. The molecule has 120 heavy (non-hydrogen) atoms. The molecule has 3 aromatic carbocycles. The number of rotatable bonds is 49. The quantitative estimate of drug-likeness (QED) is 0.0332. The normalized spacial score (nSPS) is 19.4. The van der Waals surface area contributed by atoms with Crippen LogP contribution >= 0.6 is 49.1 Å². The summed E-state index contributed by atoms with van der Waals surface area (Å²) in [6, 6.07) is 30.3. The number of ketones is 2. The number of benzene rings is 3. The number of amides is 4. The van der Waals surface area contributed by atoms with Crippen molar-refractivity contribution in [1.82, 2.24) is 46.2 Å². The summed E-state index contributed by atoms with van der Waals surface area (Å²) in [5.41, 5.74) is 3.83. The molecule has 4 amide bonds. The Labute approximate surface area is 748 Å². The molecular formula is C96H160ClN9O11S3. The Morgan fingerprint density at radius 3 is 1.07 bits per heavy atom. The number of hydrogen-bond donors (Lipinski definition) is 5. The van der Waals surface area contributed by atoms with Crippen LogP contribution in [0.1, 0.15) is 211 Å². The molecule has 20 nitrogen and oxygen atoms in total. The maximum Gasteiger partial charge on any atom is 0.226 e. The van der Waals surface area contributed by atoms with Gasteiger partial charge in [0.05, 0.1) is 88.5 Å². The molecule has 19 atom stereocenters. The summed E-state index contributed by atoms with van der Waals surface area (Å²) in [7, 11) is 13.9. The largest absolute Gasteiger partial charge is 0.379 e. The van der Waals surface area contributed by atoms with E-state index in [1.165, 1.54) is 29.5 Å². The van der Waals surface area contributed by atoms with Crippen LogP contribution in [0.15, 0.2) is 91.0 Å². The number of nitrogens with one attached hydrogen (secondary N) is 5. The molecule has 6 rings (SSSR count). The van der Waals surface area contributed by atoms with E-state index in [0.29, 0.717) is 19.1 Å². The summed E-state index contributed by atoms with van der Waals surface area (Å²) in [6.45, 7) is 37.6. The van der Waals surface area contributed by atoms with E-state index in [4.69, 9.17) is 60.3 Å². The van der Waals surface area contributed by atoms with Gasteiger partial charge in [0.15, 0.2) is 5.78 Å². The molecule has 24 heteroatoms. The molecule has 5 N–H and O–H groups in total. The third-order valence-electron chi connectivity index (χ3n) is 25.9. The van der Waals surface area contributed by atoms with Gasteiger partial charge in [0.25, 0.3) is 0 Å². The van der Waals surface area contributed by atoms with Crippen molar-refractivity contribution in [2.45, 2.75) is 280 Å². The molecular weight excluding hydrogens is 1590 g/mol. The number of ether oxygens (including phenoxy) is 5. The highest BCUT2D eigenvalue weighted by atomic mass is 35.5. The Morgan fingerprint density at radius 2 is 0.792 bits per heavy atom. The van der Waals surface area contributed by atoms with Crippen molar-refractivity contribution in [1.29, 1.82) is 0 Å². The number of methoxy groups -OCH3 is 5. The standard InChI is InChI=1S/C40H67N3O5S.C39H66N4O5S.C17H26N2OS.ClH/c1-12-28(7)37(42(9)40(46)32(27(5)6)24-34(44)31(13-2)26(3)4)35(47-10)25-36(45)43-23-17-20-33(43)38(48-11)29(8)39(49)41-22-21-30-18-15-14-16-19-30;1-12-27(6)36(42(9)39(46)30(25(2)3)23-32(44)35(40-8)26(4)5)33(47-10)24-34(45)43-22-16-19-31(43)37(48-11)28(7)38(49)41-21-20-29-17-14-13-15-18-29;1-13(16(20-2)15-9-6-11-18-15)17(21)19-12-10-14-7-4-3-5-8-14;/h14-16,18-19,26-29,31-33,35,37-38H,12-13,17,20-25H2,1-11H3,(H,41,49);13-15,17-18,25-28,30-31,33,35-37,40H,12,16,19-24H2,1-11H3,(H,41,49);3-5,7-8,13,15-16,18H,6,9-12H2,1-2H3,(H,19,21);1H/t28-,29+,31-,32-,33-,35+,37-,38+;27-,28+,30-,31-,33+,35-,36-,37+;13-,15?,16-;/m001./s1. The number of thiocarbonyl (C=S) groups is 3. The molecule has 1 unspecified atom stereocenters. The van der Waals surface area contributed by atoms with Crippen LogP contribution in [0.3, 0.4) is 0 Å². The summed E-state index contributed by atoms with van der Waals surface area (Å²) in [5.74, 6) is -0.354. The van der Waals surface area contributed by atoms with Crippen molar-refractivity contribution in [2.75, 3.05) is 96.0 Å². The molecule has 0 radical (unpaired) electrons. The van der Waals surface area contributed by atoms with Gasteiger partial charge in [-0.15, -0.1) is 12.4 Å². The first-order chi connectivity index (χ1) is 56.7. The fourth-order valence-electron chi connectivity index (χ4n) is 18.3. The van der Waals surface area contributed by atoms with Crippen molar-refractivity contribution in [3.63, 3.8) is 0 Å². The minimum atomic E-state index is -0.513. The first-order valence-electron chi connectivity index (χ1n) is 44.9. The van der Waals surface area contributed by atoms with E-state index in [0.717, 1.165) is 105 Å². The van der Waals surface area contributed by atoms with Crippen LogP contribution < -0.4 is 26.6 Å². The second-order valence-electron chi connectivity index (χ2n) is 35.3. The second-order valence-corrected chi connectivity index (χ2v) is 36.6. The van der Waals surface area contributed by atoms with Crippen LogP contribution in [0.25, 0.3) is 0 Å². The number of likely N-dealkylation sites (tertiary alicyclic amines) is 2. The molecule has 3 saturated heterocycles. The van der Waals surface area contributed by atoms with Crippen LogP contribution in [0.2, 0.25) is 0 Å². The molecule has 3 aliphatic rings. The maximum atomic E-state index is 14.2. The summed E-state index contributed by atoms with van der Waals surface area (Å²) < 4.78 is 29.9. The fourth-order valence-corrected chi connectivity index (χ4v) is 19.0. The van der Waals surface area contributed by atoms with Gasteiger partial charge in [-0.2, -0.15) is 0 Å². The van der Waals surface area contributed by atoms with E-state index < -0.39 is 24.0 Å². The van der Waals surface area contributed by atoms with E-state index in [1.54, 1.807) is 59.4 Å². The van der Waals surface area contributed by atoms with Gasteiger partial charge >= 0.3 is 0 Å². The lowest BCUT2D eigenvalue weighted by atomic mass is 9.80. The van der Waals surface area contributed by atoms with Crippen LogP contribution in [-0.4, -0.2) is 232 Å². The molecule has 3 aromatic rings. The van der Waals surface area contributed by atoms with Crippen LogP contribution in [0, 0.1) is 71.0 Å². The van der Waals surface area contributed by atoms with Crippen LogP contribution in [0.5, 0.6) is 0 Å². The summed E-state index contributed by atoms with van der Waals surface area (Å²) in [5, 5.41) is 16.9. The number of hydrogen-bond acceptors (Lipinski definition) is 16. The lowest BCUT2D eigenvalue weighted by Gasteiger charge is -2.41. The number of carbonyl (C=O) groups excluding carboxylic acids is 6. The number of likely N-dealkylation sites (N-methyl/N-ethyl adjacent to an activating group) is 3. The highest BCUT2D eigenvalue weighted by Crippen LogP contribution is 2.35. The third kappa shape index (κ3) is 33.2. The predicted molar refractivity (Wildman–Crippen MR) is 505 cm³/mol. The average molecular weight is 1750 g/mol. The third-order valence-corrected chi connectivity index (χ3v) is 27.5. The van der Waals surface area contributed by atoms with Gasteiger partial charge in [-0.1, -0.05) is 251 Å². The van der Waals surface area contributed by atoms with Crippen LogP contribution in [-0.2, 0) is 71.7 Å². The molecule has 3 heterocycles. The molecule has 0 saturated carbocycles. The lowest BCUT2D eigenvalue weighted by Crippen LogP contribution is -2.54. The first-order valence-corrected chi connectivity index (χ1v) is 46.1. The summed E-state index contributed by atoms with van der Waals surface area (Å²) >= 11 is 17.2. The van der Waals surface area contributed by atoms with Crippen molar-refractivity contribution >= 4 is 99.2 Å². The summed E-state index contributed by atoms with van der Waals surface area (Å²) in [6.07, 6.45) is 10.3. The smallest absolute Gasteiger partial charge is 0.226 e. The van der Waals surface area contributed by atoms with Gasteiger partial charge < -0.3 is 69.9 Å². The SMILES string of the molecule is CC[C@H](C(=O)C[C@H](C(=O)N(C)[C@@H]([C@@H](C)CC)[C@@H](CC(=O)N1CCC[C@H]1[C@H](OC)[C@@H](C)C(=S)NCCc1ccccc1)OC)C(C)C)C(C)C.CC[C@H](C)[C@@H]([C@@H](CC(=O)N1CCC[C@H]1[C@H](OC)[C@@H](C)C(=S)NCCc1ccccc1)OC)N(C)C(=O)[C@@H](CC(=O)[C@@H](NC)C(C)C)C(C)C.CO[C@@H](C1CCCN1)[C@@H](C)C(=S)NCCc1ccccc1.Cl. The highest BCUT2D eigenvalue weighted by molar-refractivity contribution is 7.80. The molecule has 0 aromatic heterocycles. The van der Waals surface area contributed by atoms with E-state index in [1.807, 2.05) is 108 Å². The number of nitrogens with zero attached hydrogens (tertiary/aromatic N) is 4. The van der Waals surface area contributed by atoms with Crippen molar-refractivity contribution in [3.8, 4) is 0 Å². The zero-order valence-electron chi connectivity index (χ0n) is 77.9. The zero-order chi connectivity index (χ0) is 88.8. The van der Waals surface area contributed by atoms with E-state index in [2.05, 4.69) is 137 Å². The lowest BCUT2D eigenvalue weighted by molar-refractivity contribution is -0.148. The van der Waals surface area contributed by atoms with E-state index in [-0.39, 0.29) is 181 Å². The second kappa shape index (κ2) is 57.2. The van der Waals surface area contributed by atoms with Crippen molar-refractivity contribution < 1.29 is 52.5 Å². The minimum absolute atomic E-state index is 0. The average Bonchev–Trinajstić information content (AvgIpc) is 1.77. The summed E-state index contributed by atoms with van der Waals surface area (Å²) in [4.78, 5) is 93.1. The van der Waals surface area contributed by atoms with Gasteiger partial charge in [-0.3, -0.25) is 28.8 Å². The Morgan fingerprint density at radius 1 is 0.450 bits per heavy atom. The number of carbonyl (C=O) groups is 6. The van der Waals surface area contributed by atoms with Gasteiger partial charge in [0.2, 0.25) is 23.6 Å². The number of halogens is 1. The van der Waals surface area contributed by atoms with Gasteiger partial charge in [-0.05, 0) is 130 Å². The van der Waals surface area contributed by atoms with Gasteiger partial charge in [0.1, 0.15) is 5.78 Å². The maximum absolute atomic E-state index is 14.2. The molecule has 0 aliphatic carbocycles. The van der Waals surface area contributed by atoms with Crippen molar-refractivity contribution in [3.05, 3.63) is 108 Å². The molecule has 0 bridgehead atoms. The van der Waals surface area contributed by atoms with Crippen molar-refractivity contribution in [2.24, 2.45) is 71.0 Å². The number of Topliss-reactive ketones (excluding diaryl/α,β-unsaturated/α-hetero) is 2. The molecule has 3 aliphatic heterocycles. The fraction of sp³-hybridized carbons (Fsp3) is 0.719. The van der Waals surface area contributed by atoms with Gasteiger partial charge in [-0.25, -0.2) is 0 Å². The monoisotopic (exact) mass is 1750 g/mol. The Hall–Kier alpha value is -5.44. The van der Waals surface area contributed by atoms with E-state index >= 15 is 0 Å². The predicted octanol–water partition coefficient (Wildman–Crippen LogP) is 15.5. The topological polar surface area (TPSA) is 222 Å². The minimum Gasteiger partial charge on any atom is -0.379 e. The Kier molecular flexibility index (Phi) is 51.9. The first kappa shape index (κ1) is 109. The zero-order valence-corrected chi connectivity index (χ0v) is 81.2. The molecule has 0 spiro atoms. The van der Waals surface area contributed by atoms with Crippen LogP contribution in [0.4, 0.5) is 0 Å². The van der Waals surface area contributed by atoms with E-state index in [9.17, 15) is 28.8 Å². The van der Waals surface area contributed by atoms with Gasteiger partial charge in [0, 0.05) is 137 Å². The Bertz CT molecular complexity index is 3290. The molecule has 3 fully saturated rings.